The molecule has 2 heterocycles. The van der Waals surface area contributed by atoms with Crippen LogP contribution in [0, 0.1) is 0 Å². The van der Waals surface area contributed by atoms with Gasteiger partial charge in [0.15, 0.2) is 17.4 Å². The van der Waals surface area contributed by atoms with Crippen molar-refractivity contribution in [2.24, 2.45) is 5.10 Å². The zero-order chi connectivity index (χ0) is 27.6. The first-order chi connectivity index (χ1) is 19.6. The van der Waals surface area contributed by atoms with Crippen LogP contribution in [0.4, 0.5) is 11.4 Å². The van der Waals surface area contributed by atoms with Crippen LogP contribution in [0.15, 0.2) is 137 Å². The molecule has 40 heavy (non-hydrogen) atoms. The Morgan fingerprint density at radius 3 is 2.02 bits per heavy atom. The van der Waals surface area contributed by atoms with Gasteiger partial charge in [-0.15, -0.1) is 5.10 Å². The summed E-state index contributed by atoms with van der Waals surface area (Å²) in [6, 6.07) is 35.3. The van der Waals surface area contributed by atoms with Crippen molar-refractivity contribution in [2.75, 3.05) is 17.0 Å². The number of carbonyl (C=O) groups is 2. The lowest BCUT2D eigenvalue weighted by Crippen LogP contribution is -2.32. The van der Waals surface area contributed by atoms with Gasteiger partial charge in [0, 0.05) is 21.8 Å². The molecule has 0 unspecified atom stereocenters. The number of hydrogen-bond acceptors (Lipinski definition) is 7. The zero-order valence-electron chi connectivity index (χ0n) is 21.3. The van der Waals surface area contributed by atoms with E-state index >= 15 is 0 Å². The first kappa shape index (κ1) is 25.2. The number of benzene rings is 4. The Bertz CT molecular complexity index is 1700. The SMILES string of the molecule is COC(=O)C1=C(c2cccc(Cl)c2)OC(=O)/C1=C1/N(c2ccccc2)N=C(c2ccccc2)N1c1ccccc1. The van der Waals surface area contributed by atoms with Crippen molar-refractivity contribution in [1.82, 2.24) is 0 Å². The third-order valence-electron chi connectivity index (χ3n) is 6.44. The highest BCUT2D eigenvalue weighted by Crippen LogP contribution is 2.42. The number of nitrogens with zero attached hydrogens (tertiary/aromatic N) is 3. The fourth-order valence-electron chi connectivity index (χ4n) is 4.69. The molecule has 0 radical (unpaired) electrons. The number of hydrazone groups is 1. The third-order valence-corrected chi connectivity index (χ3v) is 6.68. The summed E-state index contributed by atoms with van der Waals surface area (Å²) < 4.78 is 11.0. The molecule has 196 valence electrons. The van der Waals surface area contributed by atoms with Gasteiger partial charge in [-0.1, -0.05) is 90.5 Å². The average molecular weight is 548 g/mol. The van der Waals surface area contributed by atoms with Crippen LogP contribution in [0.2, 0.25) is 5.02 Å². The molecule has 4 aromatic rings. The van der Waals surface area contributed by atoms with Crippen LogP contribution in [0.25, 0.3) is 5.76 Å². The lowest BCUT2D eigenvalue weighted by Gasteiger charge is -2.26. The van der Waals surface area contributed by atoms with Crippen LogP contribution in [-0.4, -0.2) is 24.9 Å². The number of cyclic esters (lactones) is 1. The molecule has 0 spiro atoms. The quantitative estimate of drug-likeness (QED) is 0.213. The number of amidine groups is 1. The van der Waals surface area contributed by atoms with Crippen molar-refractivity contribution in [3.05, 3.63) is 148 Å². The maximum absolute atomic E-state index is 13.8. The number of rotatable bonds is 5. The molecule has 7 nitrogen and oxygen atoms in total. The van der Waals surface area contributed by atoms with Crippen LogP contribution in [-0.2, 0) is 19.1 Å². The maximum Gasteiger partial charge on any atom is 0.348 e. The molecule has 0 aromatic heterocycles. The standard InChI is InChI=1S/C32H22ClN3O4/c1-39-31(37)26-27(32(38)40-28(26)22-14-11-15-23(33)20-22)30-35(24-16-7-3-8-17-24)29(21-12-5-2-6-13-21)34-36(30)25-18-9-4-10-19-25/h2-20H,1H3/b30-27+. The normalized spacial score (nSPS) is 16.8. The number of anilines is 2. The van der Waals surface area contributed by atoms with Gasteiger partial charge in [0.2, 0.25) is 0 Å². The van der Waals surface area contributed by atoms with Gasteiger partial charge in [-0.2, -0.15) is 0 Å². The molecule has 0 fully saturated rings. The van der Waals surface area contributed by atoms with E-state index in [2.05, 4.69) is 0 Å². The van der Waals surface area contributed by atoms with Gasteiger partial charge >= 0.3 is 11.9 Å². The zero-order valence-corrected chi connectivity index (χ0v) is 22.1. The molecule has 0 aliphatic carbocycles. The van der Waals surface area contributed by atoms with Crippen LogP contribution < -0.4 is 9.91 Å². The second-order valence-electron chi connectivity index (χ2n) is 8.90. The summed E-state index contributed by atoms with van der Waals surface area (Å²) in [5, 5.41) is 7.07. The largest absolute Gasteiger partial charge is 0.465 e. The molecule has 8 heteroatoms. The fourth-order valence-corrected chi connectivity index (χ4v) is 4.88. The summed E-state index contributed by atoms with van der Waals surface area (Å²) in [6.45, 7) is 0. The Hall–Kier alpha value is -5.14. The predicted octanol–water partition coefficient (Wildman–Crippen LogP) is 6.38. The van der Waals surface area contributed by atoms with E-state index in [1.54, 1.807) is 29.3 Å². The lowest BCUT2D eigenvalue weighted by molar-refractivity contribution is -0.136. The Morgan fingerprint density at radius 1 is 0.800 bits per heavy atom. The van der Waals surface area contributed by atoms with Crippen LogP contribution in [0.3, 0.4) is 0 Å². The molecule has 2 aliphatic rings. The Labute approximate surface area is 235 Å². The molecule has 0 atom stereocenters. The number of para-hydroxylation sites is 2. The van der Waals surface area contributed by atoms with E-state index in [4.69, 9.17) is 26.2 Å². The molecule has 6 rings (SSSR count). The minimum absolute atomic E-state index is 0.0175. The van der Waals surface area contributed by atoms with Gasteiger partial charge in [0.05, 0.1) is 12.8 Å². The second kappa shape index (κ2) is 10.6. The second-order valence-corrected chi connectivity index (χ2v) is 9.34. The molecule has 0 amide bonds. The number of halogens is 1. The van der Waals surface area contributed by atoms with E-state index in [1.165, 1.54) is 7.11 Å². The number of carbonyl (C=O) groups excluding carboxylic acids is 2. The highest BCUT2D eigenvalue weighted by molar-refractivity contribution is 6.31. The van der Waals surface area contributed by atoms with Crippen LogP contribution >= 0.6 is 11.6 Å². The van der Waals surface area contributed by atoms with Gasteiger partial charge in [0.25, 0.3) is 0 Å². The molecular weight excluding hydrogens is 526 g/mol. The molecule has 0 bridgehead atoms. The van der Waals surface area contributed by atoms with E-state index in [-0.39, 0.29) is 16.9 Å². The fraction of sp³-hybridized carbons (Fsp3) is 0.0312. The van der Waals surface area contributed by atoms with Gasteiger partial charge in [-0.05, 0) is 36.4 Å². The van der Waals surface area contributed by atoms with Gasteiger partial charge in [-0.3, -0.25) is 4.90 Å². The van der Waals surface area contributed by atoms with E-state index in [0.717, 1.165) is 11.3 Å². The molecule has 2 aliphatic heterocycles. The molecule has 4 aromatic carbocycles. The van der Waals surface area contributed by atoms with Crippen LogP contribution in [0.1, 0.15) is 11.1 Å². The highest BCUT2D eigenvalue weighted by Gasteiger charge is 2.45. The van der Waals surface area contributed by atoms with Crippen molar-refractivity contribution in [3.8, 4) is 0 Å². The van der Waals surface area contributed by atoms with Crippen molar-refractivity contribution in [3.63, 3.8) is 0 Å². The summed E-state index contributed by atoms with van der Waals surface area (Å²) in [7, 11) is 1.26. The summed E-state index contributed by atoms with van der Waals surface area (Å²) in [6.07, 6.45) is 0. The van der Waals surface area contributed by atoms with E-state index in [9.17, 15) is 9.59 Å². The first-order valence-electron chi connectivity index (χ1n) is 12.5. The van der Waals surface area contributed by atoms with Gasteiger partial charge in [0.1, 0.15) is 11.1 Å². The minimum atomic E-state index is -0.725. The Balaban J connectivity index is 1.69. The average Bonchev–Trinajstić information content (AvgIpc) is 3.56. The highest BCUT2D eigenvalue weighted by atomic mass is 35.5. The summed E-state index contributed by atoms with van der Waals surface area (Å²) >= 11 is 6.25. The first-order valence-corrected chi connectivity index (χ1v) is 12.8. The number of hydrogen-bond donors (Lipinski definition) is 0. The summed E-state index contributed by atoms with van der Waals surface area (Å²) in [5.74, 6) is -0.477. The monoisotopic (exact) mass is 547 g/mol. The van der Waals surface area contributed by atoms with E-state index in [1.807, 2.05) is 95.9 Å². The van der Waals surface area contributed by atoms with Crippen molar-refractivity contribution in [2.45, 2.75) is 0 Å². The topological polar surface area (TPSA) is 71.4 Å². The van der Waals surface area contributed by atoms with Gasteiger partial charge in [-0.25, -0.2) is 14.6 Å². The Kier molecular flexibility index (Phi) is 6.64. The van der Waals surface area contributed by atoms with E-state index < -0.39 is 11.9 Å². The number of esters is 2. The lowest BCUT2D eigenvalue weighted by atomic mass is 10.0. The summed E-state index contributed by atoms with van der Waals surface area (Å²) in [5.41, 5.74) is 2.70. The smallest absolute Gasteiger partial charge is 0.348 e. The van der Waals surface area contributed by atoms with E-state index in [0.29, 0.717) is 27.9 Å². The molecule has 0 N–H and O–H groups in total. The maximum atomic E-state index is 13.8. The molecule has 0 saturated carbocycles. The number of methoxy groups -OCH3 is 1. The van der Waals surface area contributed by atoms with Crippen LogP contribution in [0.5, 0.6) is 0 Å². The van der Waals surface area contributed by atoms with Crippen molar-refractivity contribution >= 4 is 46.5 Å². The summed E-state index contributed by atoms with van der Waals surface area (Å²) in [4.78, 5) is 29.0. The van der Waals surface area contributed by atoms with Crippen molar-refractivity contribution < 1.29 is 19.1 Å². The van der Waals surface area contributed by atoms with Crippen molar-refractivity contribution in [1.29, 1.82) is 0 Å². The van der Waals surface area contributed by atoms with Gasteiger partial charge < -0.3 is 9.47 Å². The predicted molar refractivity (Wildman–Crippen MR) is 154 cm³/mol. The molecule has 0 saturated heterocycles. The number of ether oxygens (including phenoxy) is 2. The Morgan fingerprint density at radius 2 is 1.40 bits per heavy atom. The molecular formula is C32H22ClN3O4. The third kappa shape index (κ3) is 4.42. The minimum Gasteiger partial charge on any atom is -0.465 e.